The van der Waals surface area contributed by atoms with Crippen molar-refractivity contribution in [3.63, 3.8) is 0 Å². The molecular weight excluding hydrogens is 196 g/mol. The van der Waals surface area contributed by atoms with Gasteiger partial charge < -0.3 is 14.6 Å². The Morgan fingerprint density at radius 3 is 3.00 bits per heavy atom. The van der Waals surface area contributed by atoms with Gasteiger partial charge in [-0.05, 0) is 12.8 Å². The molecule has 0 aromatic carbocycles. The summed E-state index contributed by atoms with van der Waals surface area (Å²) in [5.74, 6) is 0.475. The smallest absolute Gasteiger partial charge is 0.232 e. The zero-order chi connectivity index (χ0) is 10.5. The highest BCUT2D eigenvalue weighted by Gasteiger charge is 2.16. The van der Waals surface area contributed by atoms with Gasteiger partial charge >= 0.3 is 0 Å². The van der Waals surface area contributed by atoms with Crippen molar-refractivity contribution in [2.24, 2.45) is 0 Å². The Labute approximate surface area is 88.1 Å². The molecule has 0 radical (unpaired) electrons. The van der Waals surface area contributed by atoms with Crippen LogP contribution in [0.3, 0.4) is 0 Å². The minimum atomic E-state index is -0.0982. The lowest BCUT2D eigenvalue weighted by molar-refractivity contribution is 0.0661. The summed E-state index contributed by atoms with van der Waals surface area (Å²) in [4.78, 5) is 7.97. The van der Waals surface area contributed by atoms with Crippen molar-refractivity contribution in [2.45, 2.75) is 25.6 Å². The van der Waals surface area contributed by atoms with Crippen molar-refractivity contribution in [2.75, 3.05) is 13.2 Å². The molecule has 1 N–H and O–H groups in total. The van der Waals surface area contributed by atoms with Crippen LogP contribution in [0.2, 0.25) is 0 Å². The maximum absolute atomic E-state index is 8.77. The molecule has 0 saturated carbocycles. The quantitative estimate of drug-likeness (QED) is 0.785. The summed E-state index contributed by atoms with van der Waals surface area (Å²) >= 11 is 0. The maximum atomic E-state index is 8.77. The minimum absolute atomic E-state index is 0.0982. The van der Waals surface area contributed by atoms with E-state index in [1.165, 1.54) is 12.4 Å². The Bertz CT molecular complexity index is 296. The molecule has 1 aliphatic rings. The summed E-state index contributed by atoms with van der Waals surface area (Å²) in [7, 11) is 0. The second kappa shape index (κ2) is 5.04. The molecule has 1 fully saturated rings. The van der Waals surface area contributed by atoms with E-state index in [9.17, 15) is 0 Å². The van der Waals surface area contributed by atoms with Gasteiger partial charge in [0.1, 0.15) is 6.61 Å². The van der Waals surface area contributed by atoms with Crippen molar-refractivity contribution < 1.29 is 14.6 Å². The third-order valence-electron chi connectivity index (χ3n) is 2.28. The molecule has 0 spiro atoms. The highest BCUT2D eigenvalue weighted by molar-refractivity contribution is 5.06. The van der Waals surface area contributed by atoms with E-state index < -0.39 is 0 Å². The summed E-state index contributed by atoms with van der Waals surface area (Å²) in [6.45, 7) is 1.25. The fourth-order valence-corrected chi connectivity index (χ4v) is 1.45. The molecular formula is C10H14N2O3. The van der Waals surface area contributed by atoms with Gasteiger partial charge in [0, 0.05) is 6.61 Å². The highest BCUT2D eigenvalue weighted by atomic mass is 16.5. The molecule has 5 nitrogen and oxygen atoms in total. The third kappa shape index (κ3) is 2.87. The van der Waals surface area contributed by atoms with Gasteiger partial charge in [-0.15, -0.1) is 0 Å². The first-order valence-corrected chi connectivity index (χ1v) is 5.04. The second-order valence-corrected chi connectivity index (χ2v) is 3.45. The lowest BCUT2D eigenvalue weighted by atomic mass is 10.2. The Balaban J connectivity index is 1.82. The average molecular weight is 210 g/mol. The number of aliphatic hydroxyl groups is 1. The first kappa shape index (κ1) is 10.3. The lowest BCUT2D eigenvalue weighted by Gasteiger charge is -2.10. The van der Waals surface area contributed by atoms with Crippen molar-refractivity contribution in [1.82, 2.24) is 9.97 Å². The fraction of sp³-hybridized carbons (Fsp3) is 0.600. The van der Waals surface area contributed by atoms with E-state index in [1.54, 1.807) is 0 Å². The number of aliphatic hydroxyl groups excluding tert-OH is 1. The van der Waals surface area contributed by atoms with E-state index in [0.717, 1.165) is 19.4 Å². The van der Waals surface area contributed by atoms with Crippen LogP contribution in [0.1, 0.15) is 18.5 Å². The van der Waals surface area contributed by atoms with Gasteiger partial charge in [-0.1, -0.05) is 0 Å². The Morgan fingerprint density at radius 1 is 1.47 bits per heavy atom. The second-order valence-electron chi connectivity index (χ2n) is 3.45. The molecule has 0 amide bonds. The van der Waals surface area contributed by atoms with Gasteiger partial charge in [0.25, 0.3) is 0 Å². The Morgan fingerprint density at radius 2 is 2.40 bits per heavy atom. The van der Waals surface area contributed by atoms with Gasteiger partial charge in [-0.25, -0.2) is 4.98 Å². The van der Waals surface area contributed by atoms with E-state index in [4.69, 9.17) is 14.6 Å². The molecule has 1 saturated heterocycles. The lowest BCUT2D eigenvalue weighted by Crippen LogP contribution is -2.16. The number of hydrogen-bond donors (Lipinski definition) is 1. The summed E-state index contributed by atoms with van der Waals surface area (Å²) < 4.78 is 10.8. The summed E-state index contributed by atoms with van der Waals surface area (Å²) in [5.41, 5.74) is 0.541. The fourth-order valence-electron chi connectivity index (χ4n) is 1.45. The van der Waals surface area contributed by atoms with Crippen molar-refractivity contribution in [3.05, 3.63) is 18.1 Å². The van der Waals surface area contributed by atoms with Gasteiger partial charge in [-0.2, -0.15) is 0 Å². The molecule has 15 heavy (non-hydrogen) atoms. The predicted molar refractivity (Wildman–Crippen MR) is 52.4 cm³/mol. The zero-order valence-corrected chi connectivity index (χ0v) is 8.43. The van der Waals surface area contributed by atoms with E-state index in [1.807, 2.05) is 0 Å². The number of ether oxygens (including phenoxy) is 2. The zero-order valence-electron chi connectivity index (χ0n) is 8.43. The maximum Gasteiger partial charge on any atom is 0.232 e. The first-order chi connectivity index (χ1) is 7.38. The average Bonchev–Trinajstić information content (AvgIpc) is 2.80. The van der Waals surface area contributed by atoms with Crippen LogP contribution in [0, 0.1) is 0 Å². The van der Waals surface area contributed by atoms with Crippen LogP contribution >= 0.6 is 0 Å². The molecule has 82 valence electrons. The number of aromatic nitrogens is 2. The summed E-state index contributed by atoms with van der Waals surface area (Å²) in [5, 5.41) is 8.77. The first-order valence-electron chi connectivity index (χ1n) is 5.04. The van der Waals surface area contributed by atoms with Gasteiger partial charge in [-0.3, -0.25) is 4.98 Å². The number of nitrogens with zero attached hydrogens (tertiary/aromatic N) is 2. The van der Waals surface area contributed by atoms with E-state index in [2.05, 4.69) is 9.97 Å². The summed E-state index contributed by atoms with van der Waals surface area (Å²) in [6.07, 6.45) is 5.35. The number of hydrogen-bond acceptors (Lipinski definition) is 5. The molecule has 0 bridgehead atoms. The van der Waals surface area contributed by atoms with E-state index in [-0.39, 0.29) is 12.7 Å². The van der Waals surface area contributed by atoms with E-state index in [0.29, 0.717) is 18.2 Å². The van der Waals surface area contributed by atoms with Crippen LogP contribution in [-0.2, 0) is 11.3 Å². The Hall–Kier alpha value is -1.20. The minimum Gasteiger partial charge on any atom is -0.474 e. The molecule has 5 heteroatoms. The van der Waals surface area contributed by atoms with Crippen LogP contribution in [0.25, 0.3) is 0 Å². The number of rotatable bonds is 4. The van der Waals surface area contributed by atoms with E-state index >= 15 is 0 Å². The summed E-state index contributed by atoms with van der Waals surface area (Å²) in [6, 6.07) is 0. The molecule has 1 aliphatic heterocycles. The van der Waals surface area contributed by atoms with Crippen molar-refractivity contribution >= 4 is 0 Å². The topological polar surface area (TPSA) is 64.5 Å². The molecule has 1 unspecified atom stereocenters. The van der Waals surface area contributed by atoms with Crippen LogP contribution in [0.5, 0.6) is 5.88 Å². The molecule has 0 aliphatic carbocycles. The molecule has 1 aromatic heterocycles. The largest absolute Gasteiger partial charge is 0.474 e. The third-order valence-corrected chi connectivity index (χ3v) is 2.28. The van der Waals surface area contributed by atoms with Crippen LogP contribution in [-0.4, -0.2) is 34.4 Å². The Kier molecular flexibility index (Phi) is 3.47. The SMILES string of the molecule is OCc1cnc(OCC2CCCO2)cn1. The normalized spacial score (nSPS) is 20.5. The van der Waals surface area contributed by atoms with Crippen LogP contribution in [0.4, 0.5) is 0 Å². The van der Waals surface area contributed by atoms with Crippen molar-refractivity contribution in [3.8, 4) is 5.88 Å². The van der Waals surface area contributed by atoms with Crippen LogP contribution < -0.4 is 4.74 Å². The standard InChI is InChI=1S/C10H14N2O3/c13-6-8-4-12-10(5-11-8)15-7-9-2-1-3-14-9/h4-5,9,13H,1-3,6-7H2. The molecule has 1 atom stereocenters. The molecule has 1 aromatic rings. The highest BCUT2D eigenvalue weighted by Crippen LogP contribution is 2.13. The van der Waals surface area contributed by atoms with Crippen molar-refractivity contribution in [1.29, 1.82) is 0 Å². The van der Waals surface area contributed by atoms with Gasteiger partial charge in [0.05, 0.1) is 30.8 Å². The molecule has 2 heterocycles. The molecule has 2 rings (SSSR count). The van der Waals surface area contributed by atoms with Gasteiger partial charge in [0.15, 0.2) is 0 Å². The van der Waals surface area contributed by atoms with Gasteiger partial charge in [0.2, 0.25) is 5.88 Å². The van der Waals surface area contributed by atoms with Crippen LogP contribution in [0.15, 0.2) is 12.4 Å². The predicted octanol–water partition coefficient (Wildman–Crippen LogP) is 0.527. The monoisotopic (exact) mass is 210 g/mol.